The lowest BCUT2D eigenvalue weighted by molar-refractivity contribution is -0.130. The lowest BCUT2D eigenvalue weighted by Crippen LogP contribution is -2.32. The molecule has 0 aliphatic heterocycles. The van der Waals surface area contributed by atoms with Crippen LogP contribution in [0.1, 0.15) is 37.8 Å². The van der Waals surface area contributed by atoms with Gasteiger partial charge in [0.1, 0.15) is 12.1 Å². The van der Waals surface area contributed by atoms with Gasteiger partial charge in [-0.25, -0.2) is 9.97 Å². The Labute approximate surface area is 172 Å². The molecule has 0 radical (unpaired) electrons. The molecular weight excluding hydrogens is 360 g/mol. The number of nitrogens with one attached hydrogen (secondary N) is 1. The molecule has 0 fully saturated rings. The highest BCUT2D eigenvalue weighted by atomic mass is 16.2. The number of amides is 1. The van der Waals surface area contributed by atoms with E-state index in [-0.39, 0.29) is 5.91 Å². The zero-order valence-corrected chi connectivity index (χ0v) is 17.0. The van der Waals surface area contributed by atoms with Gasteiger partial charge in [0.25, 0.3) is 0 Å². The zero-order valence-electron chi connectivity index (χ0n) is 17.0. The molecule has 29 heavy (non-hydrogen) atoms. The molecule has 0 bridgehead atoms. The van der Waals surface area contributed by atoms with Gasteiger partial charge in [-0.15, -0.1) is 6.42 Å². The van der Waals surface area contributed by atoms with Gasteiger partial charge in [-0.05, 0) is 49.2 Å². The van der Waals surface area contributed by atoms with Crippen molar-refractivity contribution >= 4 is 28.3 Å². The number of unbranched alkanes of at least 4 members (excludes halogenated alkanes) is 1. The molecule has 1 amide bonds. The summed E-state index contributed by atoms with van der Waals surface area (Å²) in [5.74, 6) is 3.47. The molecule has 3 rings (SSSR count). The number of benzene rings is 2. The first-order valence-electron chi connectivity index (χ1n) is 9.99. The van der Waals surface area contributed by atoms with E-state index in [1.54, 1.807) is 0 Å². The SMILES string of the molecule is C#Cc1cccc(Nc2ncnc3ccc(CC(=O)N(CC)CCCC)cc23)c1. The van der Waals surface area contributed by atoms with Gasteiger partial charge in [-0.3, -0.25) is 4.79 Å². The van der Waals surface area contributed by atoms with Crippen molar-refractivity contribution in [1.29, 1.82) is 0 Å². The van der Waals surface area contributed by atoms with Gasteiger partial charge in [0.05, 0.1) is 11.9 Å². The second-order valence-corrected chi connectivity index (χ2v) is 6.93. The third-order valence-corrected chi connectivity index (χ3v) is 4.86. The van der Waals surface area contributed by atoms with Crippen LogP contribution in [-0.4, -0.2) is 33.9 Å². The summed E-state index contributed by atoms with van der Waals surface area (Å²) in [6.45, 7) is 5.69. The number of nitrogens with zero attached hydrogens (tertiary/aromatic N) is 3. The Morgan fingerprint density at radius 3 is 2.79 bits per heavy atom. The molecule has 1 aromatic heterocycles. The molecule has 5 heteroatoms. The van der Waals surface area contributed by atoms with E-state index in [2.05, 4.69) is 28.1 Å². The van der Waals surface area contributed by atoms with Crippen molar-refractivity contribution in [3.05, 3.63) is 59.9 Å². The van der Waals surface area contributed by atoms with Crippen LogP contribution < -0.4 is 5.32 Å². The summed E-state index contributed by atoms with van der Waals surface area (Å²) in [6.07, 6.45) is 9.50. The van der Waals surface area contributed by atoms with E-state index in [4.69, 9.17) is 6.42 Å². The highest BCUT2D eigenvalue weighted by molar-refractivity contribution is 5.92. The molecule has 1 N–H and O–H groups in total. The Hall–Kier alpha value is -3.39. The fourth-order valence-corrected chi connectivity index (χ4v) is 3.23. The van der Waals surface area contributed by atoms with Crippen LogP contribution in [-0.2, 0) is 11.2 Å². The first-order valence-corrected chi connectivity index (χ1v) is 9.99. The van der Waals surface area contributed by atoms with Gasteiger partial charge < -0.3 is 10.2 Å². The van der Waals surface area contributed by atoms with Gasteiger partial charge >= 0.3 is 0 Å². The average molecular weight is 386 g/mol. The predicted octanol–water partition coefficient (Wildman–Crippen LogP) is 4.55. The number of likely N-dealkylation sites (N-methyl/N-ethyl adjacent to an activating group) is 1. The summed E-state index contributed by atoms with van der Waals surface area (Å²) < 4.78 is 0. The number of aromatic nitrogens is 2. The molecule has 0 saturated carbocycles. The van der Waals surface area contributed by atoms with Crippen LogP contribution in [0.2, 0.25) is 0 Å². The van der Waals surface area contributed by atoms with E-state index in [0.717, 1.165) is 53.6 Å². The van der Waals surface area contributed by atoms with Crippen molar-refractivity contribution in [2.45, 2.75) is 33.1 Å². The molecule has 0 spiro atoms. The number of rotatable bonds is 8. The number of fused-ring (bicyclic) bond motifs is 1. The average Bonchev–Trinajstić information content (AvgIpc) is 2.75. The Bertz CT molecular complexity index is 1040. The van der Waals surface area contributed by atoms with Crippen molar-refractivity contribution in [3.63, 3.8) is 0 Å². The van der Waals surface area contributed by atoms with Gasteiger partial charge in [0.2, 0.25) is 5.91 Å². The lowest BCUT2D eigenvalue weighted by Gasteiger charge is -2.20. The minimum Gasteiger partial charge on any atom is -0.343 e. The normalized spacial score (nSPS) is 10.5. The quantitative estimate of drug-likeness (QED) is 0.577. The fraction of sp³-hybridized carbons (Fsp3) is 0.292. The van der Waals surface area contributed by atoms with Crippen LogP contribution in [0.25, 0.3) is 10.9 Å². The maximum atomic E-state index is 12.7. The van der Waals surface area contributed by atoms with Crippen molar-refractivity contribution in [1.82, 2.24) is 14.9 Å². The Morgan fingerprint density at radius 1 is 1.17 bits per heavy atom. The van der Waals surface area contributed by atoms with E-state index in [1.807, 2.05) is 54.3 Å². The third-order valence-electron chi connectivity index (χ3n) is 4.86. The van der Waals surface area contributed by atoms with E-state index in [1.165, 1.54) is 6.33 Å². The molecule has 0 unspecified atom stereocenters. The van der Waals surface area contributed by atoms with Crippen LogP contribution in [0.15, 0.2) is 48.8 Å². The van der Waals surface area contributed by atoms with Crippen molar-refractivity contribution in [2.24, 2.45) is 0 Å². The number of hydrogen-bond donors (Lipinski definition) is 1. The Balaban J connectivity index is 1.85. The second-order valence-electron chi connectivity index (χ2n) is 6.93. The standard InChI is InChI=1S/C24H26N4O/c1-4-7-13-28(6-3)23(29)16-19-11-12-22-21(15-19)24(26-17-25-22)27-20-10-8-9-18(5-2)14-20/h2,8-12,14-15,17H,4,6-7,13,16H2,1,3H3,(H,25,26,27). The Morgan fingerprint density at radius 2 is 2.03 bits per heavy atom. The van der Waals surface area contributed by atoms with E-state index >= 15 is 0 Å². The molecule has 0 aliphatic rings. The zero-order chi connectivity index (χ0) is 20.6. The largest absolute Gasteiger partial charge is 0.343 e. The molecular formula is C24H26N4O. The minimum absolute atomic E-state index is 0.147. The highest BCUT2D eigenvalue weighted by Gasteiger charge is 2.13. The third kappa shape index (κ3) is 5.11. The van der Waals surface area contributed by atoms with Crippen LogP contribution in [0, 0.1) is 12.3 Å². The minimum atomic E-state index is 0.147. The highest BCUT2D eigenvalue weighted by Crippen LogP contribution is 2.25. The molecule has 0 atom stereocenters. The number of carbonyl (C=O) groups excluding carboxylic acids is 1. The summed E-state index contributed by atoms with van der Waals surface area (Å²) in [7, 11) is 0. The number of hydrogen-bond acceptors (Lipinski definition) is 4. The van der Waals surface area contributed by atoms with Gasteiger partial charge in [-0.1, -0.05) is 31.4 Å². The monoisotopic (exact) mass is 386 g/mol. The maximum Gasteiger partial charge on any atom is 0.226 e. The lowest BCUT2D eigenvalue weighted by atomic mass is 10.1. The summed E-state index contributed by atoms with van der Waals surface area (Å²) >= 11 is 0. The molecule has 3 aromatic rings. The van der Waals surface area contributed by atoms with E-state index < -0.39 is 0 Å². The van der Waals surface area contributed by atoms with E-state index in [9.17, 15) is 4.79 Å². The maximum absolute atomic E-state index is 12.7. The molecule has 0 aliphatic carbocycles. The molecule has 148 valence electrons. The van der Waals surface area contributed by atoms with Crippen LogP contribution in [0.5, 0.6) is 0 Å². The van der Waals surface area contributed by atoms with Crippen molar-refractivity contribution in [3.8, 4) is 12.3 Å². The summed E-state index contributed by atoms with van der Waals surface area (Å²) in [6, 6.07) is 13.5. The van der Waals surface area contributed by atoms with Gasteiger partial charge in [0, 0.05) is 29.7 Å². The predicted molar refractivity (Wildman–Crippen MR) is 118 cm³/mol. The second kappa shape index (κ2) is 9.70. The first kappa shape index (κ1) is 20.3. The Kier molecular flexibility index (Phi) is 6.80. The van der Waals surface area contributed by atoms with Gasteiger partial charge in [0.15, 0.2) is 0 Å². The van der Waals surface area contributed by atoms with Gasteiger partial charge in [-0.2, -0.15) is 0 Å². The summed E-state index contributed by atoms with van der Waals surface area (Å²) in [5, 5.41) is 4.20. The number of terminal acetylenes is 1. The van der Waals surface area contributed by atoms with Crippen LogP contribution >= 0.6 is 0 Å². The molecule has 5 nitrogen and oxygen atoms in total. The van der Waals surface area contributed by atoms with E-state index in [0.29, 0.717) is 12.2 Å². The van der Waals surface area contributed by atoms with Crippen molar-refractivity contribution in [2.75, 3.05) is 18.4 Å². The van der Waals surface area contributed by atoms with Crippen LogP contribution in [0.4, 0.5) is 11.5 Å². The molecule has 1 heterocycles. The van der Waals surface area contributed by atoms with Crippen LogP contribution in [0.3, 0.4) is 0 Å². The smallest absolute Gasteiger partial charge is 0.226 e. The summed E-state index contributed by atoms with van der Waals surface area (Å²) in [5.41, 5.74) is 3.43. The summed E-state index contributed by atoms with van der Waals surface area (Å²) in [4.78, 5) is 23.4. The number of carbonyl (C=O) groups is 1. The fourth-order valence-electron chi connectivity index (χ4n) is 3.23. The van der Waals surface area contributed by atoms with Crippen molar-refractivity contribution < 1.29 is 4.79 Å². The topological polar surface area (TPSA) is 58.1 Å². The molecule has 2 aromatic carbocycles. The molecule has 0 saturated heterocycles. The first-order chi connectivity index (χ1) is 14.1. The number of anilines is 2.